The maximum absolute atomic E-state index is 6.22. The van der Waals surface area contributed by atoms with Crippen LogP contribution in [0.5, 0.6) is 5.75 Å². The van der Waals surface area contributed by atoms with Crippen molar-refractivity contribution in [2.45, 2.75) is 6.61 Å². The smallest absolute Gasteiger partial charge is 0.204 e. The van der Waals surface area contributed by atoms with Crippen LogP contribution < -0.4 is 10.2 Å². The first-order valence-electron chi connectivity index (χ1n) is 8.70. The molecule has 0 radical (unpaired) electrons. The molecule has 0 amide bonds. The molecule has 4 nitrogen and oxygen atoms in total. The maximum Gasteiger partial charge on any atom is 0.204 e. The van der Waals surface area contributed by atoms with Crippen LogP contribution in [0.3, 0.4) is 0 Å². The molecule has 0 bridgehead atoms. The molecule has 0 saturated heterocycles. The molecule has 0 aliphatic carbocycles. The number of fused-ring (bicyclic) bond motifs is 1. The van der Waals surface area contributed by atoms with E-state index in [1.807, 2.05) is 42.5 Å². The van der Waals surface area contributed by atoms with Gasteiger partial charge in [0.25, 0.3) is 0 Å². The number of halogens is 4. The predicted octanol–water partition coefficient (Wildman–Crippen LogP) is 8.15. The highest BCUT2D eigenvalue weighted by atomic mass is 79.9. The van der Waals surface area contributed by atoms with E-state index in [-0.39, 0.29) is 0 Å². The first-order valence-corrected chi connectivity index (χ1v) is 11.9. The molecule has 0 spiro atoms. The number of benzene rings is 3. The van der Waals surface area contributed by atoms with Gasteiger partial charge in [-0.1, -0.05) is 52.7 Å². The number of hydrazone groups is 1. The lowest BCUT2D eigenvalue weighted by Crippen LogP contribution is -1.99. The fourth-order valence-corrected chi connectivity index (χ4v) is 5.39. The average Bonchev–Trinajstić information content (AvgIpc) is 3.11. The van der Waals surface area contributed by atoms with Gasteiger partial charge in [-0.25, -0.2) is 4.98 Å². The van der Waals surface area contributed by atoms with Crippen molar-refractivity contribution in [2.24, 2.45) is 5.10 Å². The van der Waals surface area contributed by atoms with Gasteiger partial charge >= 0.3 is 0 Å². The van der Waals surface area contributed by atoms with Crippen molar-refractivity contribution in [2.75, 3.05) is 5.43 Å². The monoisotopic (exact) mass is 583 g/mol. The van der Waals surface area contributed by atoms with Gasteiger partial charge in [0.15, 0.2) is 0 Å². The zero-order chi connectivity index (χ0) is 21.1. The van der Waals surface area contributed by atoms with Gasteiger partial charge in [0.1, 0.15) is 12.4 Å². The van der Waals surface area contributed by atoms with E-state index in [9.17, 15) is 0 Å². The summed E-state index contributed by atoms with van der Waals surface area (Å²) in [7, 11) is 0. The zero-order valence-electron chi connectivity index (χ0n) is 15.2. The number of rotatable bonds is 6. The van der Waals surface area contributed by atoms with Crippen LogP contribution in [0.1, 0.15) is 11.1 Å². The Kier molecular flexibility index (Phi) is 6.95. The fourth-order valence-electron chi connectivity index (χ4n) is 2.66. The summed E-state index contributed by atoms with van der Waals surface area (Å²) < 4.78 is 8.65. The molecule has 1 heterocycles. The molecule has 9 heteroatoms. The summed E-state index contributed by atoms with van der Waals surface area (Å²) in [6, 6.07) is 17.2. The quantitative estimate of drug-likeness (QED) is 0.183. The van der Waals surface area contributed by atoms with Crippen LogP contribution in [0.4, 0.5) is 5.13 Å². The Morgan fingerprint density at radius 1 is 1.07 bits per heavy atom. The van der Waals surface area contributed by atoms with Crippen molar-refractivity contribution in [3.05, 3.63) is 84.7 Å². The van der Waals surface area contributed by atoms with E-state index in [2.05, 4.69) is 47.4 Å². The van der Waals surface area contributed by atoms with Gasteiger partial charge in [-0.3, -0.25) is 5.43 Å². The van der Waals surface area contributed by atoms with E-state index in [0.29, 0.717) is 22.4 Å². The molecule has 0 aliphatic rings. The van der Waals surface area contributed by atoms with E-state index < -0.39 is 0 Å². The van der Waals surface area contributed by atoms with Crippen LogP contribution in [0.25, 0.3) is 10.2 Å². The van der Waals surface area contributed by atoms with Crippen LogP contribution in [0.15, 0.2) is 68.6 Å². The second kappa shape index (κ2) is 9.66. The lowest BCUT2D eigenvalue weighted by atomic mass is 10.2. The summed E-state index contributed by atoms with van der Waals surface area (Å²) in [5, 5.41) is 6.19. The molecule has 1 aromatic heterocycles. The van der Waals surface area contributed by atoms with Crippen LogP contribution in [-0.4, -0.2) is 11.2 Å². The highest BCUT2D eigenvalue weighted by Gasteiger charge is 2.10. The number of nitrogens with zero attached hydrogens (tertiary/aromatic N) is 2. The Bertz CT molecular complexity index is 1190. The van der Waals surface area contributed by atoms with E-state index in [4.69, 9.17) is 27.9 Å². The van der Waals surface area contributed by atoms with Crippen LogP contribution in [0.2, 0.25) is 10.0 Å². The Balaban J connectivity index is 1.44. The maximum atomic E-state index is 6.22. The van der Waals surface area contributed by atoms with Crippen molar-refractivity contribution in [1.29, 1.82) is 0 Å². The summed E-state index contributed by atoms with van der Waals surface area (Å²) in [4.78, 5) is 4.49. The van der Waals surface area contributed by atoms with E-state index in [1.165, 1.54) is 0 Å². The molecule has 1 N–H and O–H groups in total. The van der Waals surface area contributed by atoms with Crippen molar-refractivity contribution < 1.29 is 4.74 Å². The SMILES string of the molecule is Clc1ccc(COc2c(Br)cc(/C=N\Nc3nc4ccccc4s3)cc2Br)c(Cl)c1. The molecular formula is C21H13Br2Cl2N3OS. The minimum Gasteiger partial charge on any atom is -0.486 e. The minimum absolute atomic E-state index is 0.319. The highest BCUT2D eigenvalue weighted by molar-refractivity contribution is 9.11. The number of ether oxygens (including phenoxy) is 1. The van der Waals surface area contributed by atoms with Crippen LogP contribution in [0, 0.1) is 0 Å². The highest BCUT2D eigenvalue weighted by Crippen LogP contribution is 2.35. The van der Waals surface area contributed by atoms with E-state index in [0.717, 1.165) is 35.4 Å². The normalized spacial score (nSPS) is 11.3. The van der Waals surface area contributed by atoms with E-state index >= 15 is 0 Å². The zero-order valence-corrected chi connectivity index (χ0v) is 20.7. The van der Waals surface area contributed by atoms with Crippen molar-refractivity contribution in [3.63, 3.8) is 0 Å². The first-order chi connectivity index (χ1) is 14.5. The molecule has 0 aliphatic heterocycles. The second-order valence-corrected chi connectivity index (χ2v) is 9.78. The molecule has 0 saturated carbocycles. The predicted molar refractivity (Wildman–Crippen MR) is 133 cm³/mol. The average molecular weight is 586 g/mol. The topological polar surface area (TPSA) is 46.5 Å². The summed E-state index contributed by atoms with van der Waals surface area (Å²) >= 11 is 20.8. The summed E-state index contributed by atoms with van der Waals surface area (Å²) in [5.74, 6) is 0.678. The number of hydrogen-bond donors (Lipinski definition) is 1. The number of anilines is 1. The van der Waals surface area contributed by atoms with Crippen molar-refractivity contribution in [3.8, 4) is 5.75 Å². The Morgan fingerprint density at radius 2 is 1.83 bits per heavy atom. The standard InChI is InChI=1S/C21H13Br2Cl2N3OS/c22-15-7-12(10-26-28-21-27-18-3-1-2-4-19(18)30-21)8-16(23)20(15)29-11-13-5-6-14(24)9-17(13)25/h1-10H,11H2,(H,27,28)/b26-10-. The second-order valence-electron chi connectivity index (χ2n) is 6.19. The summed E-state index contributed by atoms with van der Waals surface area (Å²) in [6.07, 6.45) is 1.72. The first kappa shape index (κ1) is 21.6. The Labute approximate surface area is 204 Å². The summed E-state index contributed by atoms with van der Waals surface area (Å²) in [5.41, 5.74) is 5.68. The fraction of sp³-hybridized carbons (Fsp3) is 0.0476. The molecule has 152 valence electrons. The van der Waals surface area contributed by atoms with Crippen LogP contribution >= 0.6 is 66.4 Å². The third kappa shape index (κ3) is 5.15. The number of thiazole rings is 1. The molecule has 0 atom stereocenters. The largest absolute Gasteiger partial charge is 0.486 e. The van der Waals surface area contributed by atoms with Gasteiger partial charge in [-0.15, -0.1) is 0 Å². The number of aromatic nitrogens is 1. The molecule has 4 aromatic rings. The minimum atomic E-state index is 0.319. The van der Waals surface area contributed by atoms with Gasteiger partial charge in [-0.05, 0) is 73.8 Å². The third-order valence-electron chi connectivity index (χ3n) is 4.08. The lowest BCUT2D eigenvalue weighted by Gasteiger charge is -2.12. The Morgan fingerprint density at radius 3 is 2.57 bits per heavy atom. The number of nitrogens with one attached hydrogen (secondary N) is 1. The molecule has 3 aromatic carbocycles. The lowest BCUT2D eigenvalue weighted by molar-refractivity contribution is 0.302. The van der Waals surface area contributed by atoms with Gasteiger partial charge in [0.05, 0.1) is 25.4 Å². The Hall–Kier alpha value is -1.64. The third-order valence-corrected chi connectivity index (χ3v) is 6.78. The number of para-hydroxylation sites is 1. The molecule has 0 fully saturated rings. The molecular weight excluding hydrogens is 573 g/mol. The van der Waals surface area contributed by atoms with Crippen molar-refractivity contribution in [1.82, 2.24) is 4.98 Å². The summed E-state index contributed by atoms with van der Waals surface area (Å²) in [6.45, 7) is 0.319. The van der Waals surface area contributed by atoms with E-state index in [1.54, 1.807) is 29.7 Å². The van der Waals surface area contributed by atoms with Crippen molar-refractivity contribution >= 4 is 88.0 Å². The van der Waals surface area contributed by atoms with Gasteiger partial charge in [0, 0.05) is 15.6 Å². The molecule has 4 rings (SSSR count). The molecule has 30 heavy (non-hydrogen) atoms. The van der Waals surface area contributed by atoms with Gasteiger partial charge in [-0.2, -0.15) is 5.10 Å². The van der Waals surface area contributed by atoms with Gasteiger partial charge < -0.3 is 4.74 Å². The van der Waals surface area contributed by atoms with Gasteiger partial charge in [0.2, 0.25) is 5.13 Å². The number of hydrogen-bond acceptors (Lipinski definition) is 5. The van der Waals surface area contributed by atoms with Crippen LogP contribution in [-0.2, 0) is 6.61 Å². The molecule has 0 unspecified atom stereocenters.